The Morgan fingerprint density at radius 2 is 2.06 bits per heavy atom. The van der Waals surface area contributed by atoms with Crippen molar-refractivity contribution in [2.24, 2.45) is 0 Å². The first-order chi connectivity index (χ1) is 15.6. The molecule has 32 heavy (non-hydrogen) atoms. The van der Waals surface area contributed by atoms with Gasteiger partial charge in [0.25, 0.3) is 0 Å². The molecule has 4 aromatic rings. The van der Waals surface area contributed by atoms with Gasteiger partial charge in [-0.05, 0) is 54.6 Å². The third-order valence-electron chi connectivity index (χ3n) is 4.87. The molecule has 0 saturated carbocycles. The maximum absolute atomic E-state index is 13.2. The number of hydrogen-bond donors (Lipinski definition) is 0. The maximum atomic E-state index is 13.2. The van der Waals surface area contributed by atoms with Gasteiger partial charge in [-0.2, -0.15) is 5.10 Å². The number of thiazole rings is 1. The minimum atomic E-state index is 0.0580. The van der Waals surface area contributed by atoms with Crippen LogP contribution in [-0.4, -0.2) is 40.1 Å². The van der Waals surface area contributed by atoms with Crippen LogP contribution in [0, 0.1) is 0 Å². The Labute approximate surface area is 200 Å². The van der Waals surface area contributed by atoms with Crippen molar-refractivity contribution in [1.29, 1.82) is 0 Å². The van der Waals surface area contributed by atoms with Crippen LogP contribution in [0.15, 0.2) is 65.8 Å². The van der Waals surface area contributed by atoms with Crippen molar-refractivity contribution in [3.05, 3.63) is 65.9 Å². The summed E-state index contributed by atoms with van der Waals surface area (Å²) in [5, 5.41) is 5.52. The van der Waals surface area contributed by atoms with Gasteiger partial charge in [-0.15, -0.1) is 11.8 Å². The van der Waals surface area contributed by atoms with E-state index in [1.165, 1.54) is 11.3 Å². The van der Waals surface area contributed by atoms with Gasteiger partial charge in [0.05, 0.1) is 23.4 Å². The molecule has 0 N–H and O–H groups in total. The molecule has 0 atom stereocenters. The third-order valence-corrected chi connectivity index (χ3v) is 7.31. The van der Waals surface area contributed by atoms with Crippen molar-refractivity contribution >= 4 is 56.0 Å². The van der Waals surface area contributed by atoms with E-state index < -0.39 is 0 Å². The molecule has 2 aromatic carbocycles. The number of benzene rings is 2. The van der Waals surface area contributed by atoms with Gasteiger partial charge in [0.2, 0.25) is 5.91 Å². The summed E-state index contributed by atoms with van der Waals surface area (Å²) in [6, 6.07) is 15.5. The smallest absolute Gasteiger partial charge is 0.228 e. The molecule has 9 heteroatoms. The number of nitrogens with zero attached hydrogens (tertiary/aromatic N) is 4. The largest absolute Gasteiger partial charge is 0.497 e. The molecule has 0 fully saturated rings. The Kier molecular flexibility index (Phi) is 7.68. The molecule has 0 spiro atoms. The second-order valence-electron chi connectivity index (χ2n) is 7.03. The van der Waals surface area contributed by atoms with Gasteiger partial charge in [-0.25, -0.2) is 4.98 Å². The molecule has 0 aliphatic rings. The van der Waals surface area contributed by atoms with Crippen LogP contribution in [0.25, 0.3) is 10.2 Å². The highest BCUT2D eigenvalue weighted by Gasteiger charge is 2.20. The fraction of sp³-hybridized carbons (Fsp3) is 0.261. The number of carbonyl (C=O) groups excluding carboxylic acids is 1. The molecule has 4 rings (SSSR count). The molecule has 0 unspecified atom stereocenters. The number of aromatic nitrogens is 3. The Morgan fingerprint density at radius 1 is 1.22 bits per heavy atom. The van der Waals surface area contributed by atoms with E-state index in [1.54, 1.807) is 30.0 Å². The van der Waals surface area contributed by atoms with E-state index in [1.807, 2.05) is 59.4 Å². The quantitative estimate of drug-likeness (QED) is 0.210. The summed E-state index contributed by atoms with van der Waals surface area (Å²) in [6.07, 6.45) is 4.86. The summed E-state index contributed by atoms with van der Waals surface area (Å²) in [4.78, 5) is 20.8. The van der Waals surface area contributed by atoms with Crippen molar-refractivity contribution in [3.8, 4) is 5.75 Å². The molecule has 2 heterocycles. The van der Waals surface area contributed by atoms with E-state index in [0.717, 1.165) is 33.0 Å². The zero-order valence-electron chi connectivity index (χ0n) is 17.6. The molecule has 0 radical (unpaired) electrons. The molecular formula is C23H23ClN4O2S2. The first-order valence-corrected chi connectivity index (χ1v) is 12.4. The number of hydrogen-bond acceptors (Lipinski definition) is 6. The van der Waals surface area contributed by atoms with Gasteiger partial charge in [0, 0.05) is 30.3 Å². The third kappa shape index (κ3) is 5.62. The normalized spacial score (nSPS) is 11.1. The lowest BCUT2D eigenvalue weighted by atomic mass is 10.3. The molecule has 166 valence electrons. The Balaban J connectivity index is 1.41. The van der Waals surface area contributed by atoms with E-state index >= 15 is 0 Å². The highest BCUT2D eigenvalue weighted by atomic mass is 35.5. The lowest BCUT2D eigenvalue weighted by molar-refractivity contribution is -0.118. The second-order valence-corrected chi connectivity index (χ2v) is 9.61. The molecule has 1 amide bonds. The zero-order chi connectivity index (χ0) is 22.3. The first kappa shape index (κ1) is 22.6. The lowest BCUT2D eigenvalue weighted by Crippen LogP contribution is -2.34. The summed E-state index contributed by atoms with van der Waals surface area (Å²) >= 11 is 9.53. The molecule has 0 aliphatic heterocycles. The molecule has 0 saturated heterocycles. The first-order valence-electron chi connectivity index (χ1n) is 10.2. The Hall–Kier alpha value is -2.55. The zero-order valence-corrected chi connectivity index (χ0v) is 20.0. The number of ether oxygens (including phenoxy) is 1. The number of anilines is 1. The van der Waals surface area contributed by atoms with Crippen LogP contribution < -0.4 is 9.64 Å². The predicted octanol–water partition coefficient (Wildman–Crippen LogP) is 5.76. The van der Waals surface area contributed by atoms with Crippen LogP contribution in [0.4, 0.5) is 5.13 Å². The van der Waals surface area contributed by atoms with E-state index in [0.29, 0.717) is 29.7 Å². The fourth-order valence-electron chi connectivity index (χ4n) is 3.20. The van der Waals surface area contributed by atoms with Crippen LogP contribution in [0.5, 0.6) is 5.75 Å². The Bertz CT molecular complexity index is 1160. The van der Waals surface area contributed by atoms with Gasteiger partial charge in [0.15, 0.2) is 5.13 Å². The van der Waals surface area contributed by atoms with Gasteiger partial charge < -0.3 is 4.74 Å². The summed E-state index contributed by atoms with van der Waals surface area (Å²) < 4.78 is 7.99. The van der Waals surface area contributed by atoms with Crippen molar-refractivity contribution in [3.63, 3.8) is 0 Å². The average Bonchev–Trinajstić information content (AvgIpc) is 3.48. The number of amides is 1. The van der Waals surface area contributed by atoms with Gasteiger partial charge >= 0.3 is 0 Å². The fourth-order valence-corrected chi connectivity index (χ4v) is 5.36. The number of methoxy groups -OCH3 is 1. The molecular weight excluding hydrogens is 464 g/mol. The highest BCUT2D eigenvalue weighted by Crippen LogP contribution is 2.33. The summed E-state index contributed by atoms with van der Waals surface area (Å²) in [5.41, 5.74) is 0.737. The summed E-state index contributed by atoms with van der Waals surface area (Å²) in [5.74, 6) is 1.76. The molecule has 6 nitrogen and oxygen atoms in total. The minimum Gasteiger partial charge on any atom is -0.497 e. The van der Waals surface area contributed by atoms with Crippen molar-refractivity contribution < 1.29 is 9.53 Å². The van der Waals surface area contributed by atoms with Crippen LogP contribution in [0.3, 0.4) is 0 Å². The van der Waals surface area contributed by atoms with Crippen LogP contribution in [-0.2, 0) is 11.3 Å². The van der Waals surface area contributed by atoms with Gasteiger partial charge in [-0.3, -0.25) is 14.4 Å². The molecule has 0 aliphatic carbocycles. The number of rotatable bonds is 10. The van der Waals surface area contributed by atoms with Crippen molar-refractivity contribution in [2.75, 3.05) is 24.3 Å². The summed E-state index contributed by atoms with van der Waals surface area (Å²) in [7, 11) is 1.66. The maximum Gasteiger partial charge on any atom is 0.228 e. The second kappa shape index (κ2) is 10.8. The van der Waals surface area contributed by atoms with Gasteiger partial charge in [0.1, 0.15) is 11.3 Å². The summed E-state index contributed by atoms with van der Waals surface area (Å²) in [6.45, 7) is 1.10. The number of fused-ring (bicyclic) bond motifs is 1. The highest BCUT2D eigenvalue weighted by molar-refractivity contribution is 7.99. The van der Waals surface area contributed by atoms with Crippen LogP contribution in [0.1, 0.15) is 12.8 Å². The van der Waals surface area contributed by atoms with Gasteiger partial charge in [-0.1, -0.05) is 29.0 Å². The topological polar surface area (TPSA) is 60.2 Å². The molecule has 0 bridgehead atoms. The minimum absolute atomic E-state index is 0.0580. The van der Waals surface area contributed by atoms with E-state index in [9.17, 15) is 4.79 Å². The number of thioether (sulfide) groups is 1. The van der Waals surface area contributed by atoms with E-state index in [-0.39, 0.29) is 5.91 Å². The van der Waals surface area contributed by atoms with E-state index in [4.69, 9.17) is 16.3 Å². The van der Waals surface area contributed by atoms with Crippen LogP contribution in [0.2, 0.25) is 5.02 Å². The van der Waals surface area contributed by atoms with E-state index in [2.05, 4.69) is 10.1 Å². The average molecular weight is 487 g/mol. The lowest BCUT2D eigenvalue weighted by Gasteiger charge is -2.20. The predicted molar refractivity (Wildman–Crippen MR) is 132 cm³/mol. The standard InChI is InChI=1S/C23H23ClN4O2S2/c1-30-17-8-10-18(11-9-17)31-16-3-7-21(29)28(15-14-27-13-4-12-25-27)23-26-22-19(24)5-2-6-20(22)32-23/h2,4-6,8-13H,3,7,14-16H2,1H3. The Morgan fingerprint density at radius 3 is 2.78 bits per heavy atom. The van der Waals surface area contributed by atoms with Crippen LogP contribution >= 0.6 is 34.7 Å². The number of carbonyl (C=O) groups is 1. The number of para-hydroxylation sites is 1. The van der Waals surface area contributed by atoms with Crippen molar-refractivity contribution in [1.82, 2.24) is 14.8 Å². The monoisotopic (exact) mass is 486 g/mol. The number of halogens is 1. The SMILES string of the molecule is COc1ccc(SCCCC(=O)N(CCn2cccn2)c2nc3c(Cl)cccc3s2)cc1. The molecule has 2 aromatic heterocycles. The van der Waals surface area contributed by atoms with Crippen molar-refractivity contribution in [2.45, 2.75) is 24.3 Å².